The van der Waals surface area contributed by atoms with E-state index in [2.05, 4.69) is 21.6 Å². The fourth-order valence-corrected chi connectivity index (χ4v) is 5.19. The highest BCUT2D eigenvalue weighted by Gasteiger charge is 2.38. The number of aryl methyl sites for hydroxylation is 2. The summed E-state index contributed by atoms with van der Waals surface area (Å²) in [5, 5.41) is 10.3. The van der Waals surface area contributed by atoms with E-state index in [1.54, 1.807) is 11.8 Å². The first-order valence-corrected chi connectivity index (χ1v) is 11.1. The molecular weight excluding hydrogens is 376 g/mol. The van der Waals surface area contributed by atoms with Crippen molar-refractivity contribution in [3.8, 4) is 6.07 Å². The highest BCUT2D eigenvalue weighted by atomic mass is 16.2. The molecule has 1 aromatic carbocycles. The second kappa shape index (κ2) is 8.51. The second-order valence-electron chi connectivity index (χ2n) is 8.67. The van der Waals surface area contributed by atoms with Crippen LogP contribution < -0.4 is 0 Å². The van der Waals surface area contributed by atoms with Crippen LogP contribution >= 0.6 is 0 Å². The molecule has 2 aliphatic rings. The molecule has 30 heavy (non-hydrogen) atoms. The van der Waals surface area contributed by atoms with Crippen LogP contribution in [0.5, 0.6) is 0 Å². The van der Waals surface area contributed by atoms with Crippen LogP contribution in [0.25, 0.3) is 10.9 Å². The van der Waals surface area contributed by atoms with Crippen LogP contribution in [0.15, 0.2) is 24.3 Å². The van der Waals surface area contributed by atoms with Crippen molar-refractivity contribution in [2.75, 3.05) is 13.1 Å². The maximum absolute atomic E-state index is 13.3. The number of nitrogens with zero attached hydrogens (tertiary/aromatic N) is 4. The highest BCUT2D eigenvalue weighted by molar-refractivity contribution is 5.88. The molecule has 2 aromatic rings. The van der Waals surface area contributed by atoms with E-state index in [9.17, 15) is 14.9 Å². The fourth-order valence-electron chi connectivity index (χ4n) is 5.19. The molecule has 2 amide bonds. The molecule has 2 aliphatic heterocycles. The maximum Gasteiger partial charge on any atom is 0.245 e. The number of benzene rings is 1. The Morgan fingerprint density at radius 2 is 1.90 bits per heavy atom. The number of likely N-dealkylation sites (tertiary alicyclic amines) is 2. The minimum atomic E-state index is -0.273. The summed E-state index contributed by atoms with van der Waals surface area (Å²) in [4.78, 5) is 29.1. The van der Waals surface area contributed by atoms with Gasteiger partial charge in [-0.2, -0.15) is 5.26 Å². The third-order valence-electron chi connectivity index (χ3n) is 6.86. The van der Waals surface area contributed by atoms with E-state index in [1.165, 1.54) is 5.69 Å². The fraction of sp³-hybridized carbons (Fsp3) is 0.542. The van der Waals surface area contributed by atoms with Gasteiger partial charge >= 0.3 is 0 Å². The molecule has 0 N–H and O–H groups in total. The van der Waals surface area contributed by atoms with Crippen molar-refractivity contribution in [3.63, 3.8) is 0 Å². The lowest BCUT2D eigenvalue weighted by Gasteiger charge is -2.39. The molecule has 2 atom stereocenters. The average molecular weight is 407 g/mol. The van der Waals surface area contributed by atoms with Gasteiger partial charge in [-0.1, -0.05) is 6.07 Å². The van der Waals surface area contributed by atoms with Crippen LogP contribution in [0.2, 0.25) is 0 Å². The Morgan fingerprint density at radius 3 is 2.67 bits per heavy atom. The standard InChI is InChI=1S/C24H30N4O2/c1-17(29)27-13-5-7-22(27)24(30)28-12-4-3-6-20(28)10-11-21-15-19-9-8-18(16-25)14-23(19)26(21)2/h8-9,14-15,20,22H,3-7,10-13H2,1-2H3/t20-,22+/m0/s1. The van der Waals surface area contributed by atoms with Crippen LogP contribution in [0.4, 0.5) is 0 Å². The minimum absolute atomic E-state index is 0.00616. The summed E-state index contributed by atoms with van der Waals surface area (Å²) in [5.74, 6) is 0.148. The predicted molar refractivity (Wildman–Crippen MR) is 116 cm³/mol. The topological polar surface area (TPSA) is 69.3 Å². The third kappa shape index (κ3) is 3.81. The number of amides is 2. The Hall–Kier alpha value is -2.81. The van der Waals surface area contributed by atoms with Crippen LogP contribution in [0.1, 0.15) is 56.7 Å². The van der Waals surface area contributed by atoms with Gasteiger partial charge in [0.05, 0.1) is 11.6 Å². The molecule has 0 unspecified atom stereocenters. The Bertz CT molecular complexity index is 1000. The van der Waals surface area contributed by atoms with Gasteiger partial charge in [0, 0.05) is 44.3 Å². The van der Waals surface area contributed by atoms with Gasteiger partial charge in [0.15, 0.2) is 0 Å². The van der Waals surface area contributed by atoms with Crippen molar-refractivity contribution in [1.29, 1.82) is 5.26 Å². The number of nitriles is 1. The quantitative estimate of drug-likeness (QED) is 0.782. The zero-order valence-corrected chi connectivity index (χ0v) is 17.9. The summed E-state index contributed by atoms with van der Waals surface area (Å²) >= 11 is 0. The maximum atomic E-state index is 13.3. The summed E-state index contributed by atoms with van der Waals surface area (Å²) in [6.07, 6.45) is 6.73. The van der Waals surface area contributed by atoms with E-state index >= 15 is 0 Å². The molecular formula is C24H30N4O2. The Morgan fingerprint density at radius 1 is 1.10 bits per heavy atom. The van der Waals surface area contributed by atoms with Crippen molar-refractivity contribution in [3.05, 3.63) is 35.5 Å². The van der Waals surface area contributed by atoms with Gasteiger partial charge in [-0.25, -0.2) is 0 Å². The number of piperidine rings is 1. The van der Waals surface area contributed by atoms with Gasteiger partial charge in [0.1, 0.15) is 6.04 Å². The van der Waals surface area contributed by atoms with Gasteiger partial charge in [0.25, 0.3) is 0 Å². The SMILES string of the molecule is CC(=O)N1CCC[C@@H]1C(=O)N1CCCC[C@H]1CCc1cc2ccc(C#N)cc2n1C. The monoisotopic (exact) mass is 406 g/mol. The minimum Gasteiger partial charge on any atom is -0.348 e. The number of hydrogen-bond acceptors (Lipinski definition) is 3. The van der Waals surface area contributed by atoms with Crippen LogP contribution in [0, 0.1) is 11.3 Å². The first-order valence-electron chi connectivity index (χ1n) is 11.1. The Balaban J connectivity index is 1.48. The molecule has 0 bridgehead atoms. The zero-order valence-electron chi connectivity index (χ0n) is 17.9. The van der Waals surface area contributed by atoms with Crippen LogP contribution in [0.3, 0.4) is 0 Å². The number of aromatic nitrogens is 1. The summed E-state index contributed by atoms with van der Waals surface area (Å²) in [6.45, 7) is 3.06. The second-order valence-corrected chi connectivity index (χ2v) is 8.67. The first kappa shape index (κ1) is 20.5. The number of rotatable bonds is 4. The predicted octanol–water partition coefficient (Wildman–Crippen LogP) is 3.37. The average Bonchev–Trinajstić information content (AvgIpc) is 3.37. The van der Waals surface area contributed by atoms with Gasteiger partial charge in [-0.3, -0.25) is 9.59 Å². The largest absolute Gasteiger partial charge is 0.348 e. The van der Waals surface area contributed by atoms with Crippen molar-refractivity contribution in [2.24, 2.45) is 7.05 Å². The zero-order chi connectivity index (χ0) is 21.3. The van der Waals surface area contributed by atoms with Crippen molar-refractivity contribution < 1.29 is 9.59 Å². The number of carbonyl (C=O) groups is 2. The normalized spacial score (nSPS) is 21.8. The lowest BCUT2D eigenvalue weighted by atomic mass is 9.96. The van der Waals surface area contributed by atoms with Crippen molar-refractivity contribution >= 4 is 22.7 Å². The number of hydrogen-bond donors (Lipinski definition) is 0. The smallest absolute Gasteiger partial charge is 0.245 e. The Labute approximate surface area is 178 Å². The molecule has 6 heteroatoms. The molecule has 0 aliphatic carbocycles. The van der Waals surface area contributed by atoms with Gasteiger partial charge in [0.2, 0.25) is 11.8 Å². The molecule has 0 spiro atoms. The number of carbonyl (C=O) groups excluding carboxylic acids is 2. The van der Waals surface area contributed by atoms with E-state index in [4.69, 9.17) is 0 Å². The molecule has 0 radical (unpaired) electrons. The van der Waals surface area contributed by atoms with Crippen molar-refractivity contribution in [1.82, 2.24) is 14.4 Å². The van der Waals surface area contributed by atoms with Gasteiger partial charge < -0.3 is 14.4 Å². The van der Waals surface area contributed by atoms with Crippen LogP contribution in [-0.4, -0.2) is 51.4 Å². The van der Waals surface area contributed by atoms with Crippen LogP contribution in [-0.2, 0) is 23.1 Å². The van der Waals surface area contributed by atoms with Gasteiger partial charge in [-0.05, 0) is 68.5 Å². The lowest BCUT2D eigenvalue weighted by molar-refractivity contribution is -0.145. The van der Waals surface area contributed by atoms with E-state index in [0.717, 1.165) is 62.4 Å². The van der Waals surface area contributed by atoms with Crippen molar-refractivity contribution in [2.45, 2.75) is 64.0 Å². The number of fused-ring (bicyclic) bond motifs is 1. The lowest BCUT2D eigenvalue weighted by Crippen LogP contribution is -2.52. The summed E-state index contributed by atoms with van der Waals surface area (Å²) in [7, 11) is 2.05. The third-order valence-corrected chi connectivity index (χ3v) is 6.86. The van der Waals surface area contributed by atoms with E-state index in [-0.39, 0.29) is 23.9 Å². The summed E-state index contributed by atoms with van der Waals surface area (Å²) < 4.78 is 2.17. The molecule has 1 aromatic heterocycles. The first-order chi connectivity index (χ1) is 14.5. The van der Waals surface area contributed by atoms with Gasteiger partial charge in [-0.15, -0.1) is 0 Å². The highest BCUT2D eigenvalue weighted by Crippen LogP contribution is 2.28. The summed E-state index contributed by atoms with van der Waals surface area (Å²) in [6, 6.07) is 10.2. The van der Waals surface area contributed by atoms with E-state index in [1.807, 2.05) is 25.2 Å². The molecule has 158 valence electrons. The van der Waals surface area contributed by atoms with E-state index in [0.29, 0.717) is 12.1 Å². The molecule has 6 nitrogen and oxygen atoms in total. The molecule has 4 rings (SSSR count). The molecule has 3 heterocycles. The Kier molecular flexibility index (Phi) is 5.80. The molecule has 2 fully saturated rings. The van der Waals surface area contributed by atoms with E-state index < -0.39 is 0 Å². The molecule has 0 saturated carbocycles. The molecule has 2 saturated heterocycles. The summed E-state index contributed by atoms with van der Waals surface area (Å²) in [5.41, 5.74) is 2.97.